The summed E-state index contributed by atoms with van der Waals surface area (Å²) < 4.78 is 0. The van der Waals surface area contributed by atoms with Crippen molar-refractivity contribution in [3.05, 3.63) is 46.2 Å². The minimum atomic E-state index is -1.22. The first kappa shape index (κ1) is 11.3. The van der Waals surface area contributed by atoms with Gasteiger partial charge >= 0.3 is 11.9 Å². The van der Waals surface area contributed by atoms with Gasteiger partial charge in [0.2, 0.25) is 0 Å². The molecule has 0 atom stereocenters. The van der Waals surface area contributed by atoms with E-state index in [9.17, 15) is 9.59 Å². The molecule has 0 aliphatic rings. The summed E-state index contributed by atoms with van der Waals surface area (Å²) in [6.07, 6.45) is 0. The van der Waals surface area contributed by atoms with Crippen LogP contribution < -0.4 is 0 Å². The second-order valence-electron chi connectivity index (χ2n) is 3.33. The summed E-state index contributed by atoms with van der Waals surface area (Å²) in [6.45, 7) is 0. The zero-order chi connectivity index (χ0) is 12.4. The van der Waals surface area contributed by atoms with Crippen LogP contribution in [0.5, 0.6) is 0 Å². The first-order valence-corrected chi connectivity index (χ1v) is 5.62. The summed E-state index contributed by atoms with van der Waals surface area (Å²) in [4.78, 5) is 21.9. The van der Waals surface area contributed by atoms with Gasteiger partial charge in [0.25, 0.3) is 0 Å². The SMILES string of the molecule is O=C(O)c1scc(-c2ccccc2)c1C(=O)O. The van der Waals surface area contributed by atoms with E-state index < -0.39 is 11.9 Å². The molecule has 0 unspecified atom stereocenters. The highest BCUT2D eigenvalue weighted by molar-refractivity contribution is 7.12. The van der Waals surface area contributed by atoms with Crippen LogP contribution in [-0.2, 0) is 0 Å². The molecule has 0 amide bonds. The Bertz CT molecular complexity index is 571. The van der Waals surface area contributed by atoms with Crippen molar-refractivity contribution in [1.29, 1.82) is 0 Å². The number of aromatic carboxylic acids is 2. The highest BCUT2D eigenvalue weighted by Gasteiger charge is 2.23. The van der Waals surface area contributed by atoms with Gasteiger partial charge in [0, 0.05) is 10.9 Å². The number of carboxylic acids is 2. The van der Waals surface area contributed by atoms with Gasteiger partial charge in [-0.1, -0.05) is 30.3 Å². The second kappa shape index (κ2) is 4.39. The molecule has 0 bridgehead atoms. The van der Waals surface area contributed by atoms with Gasteiger partial charge in [-0.2, -0.15) is 0 Å². The maximum absolute atomic E-state index is 11.1. The molecule has 2 rings (SSSR count). The van der Waals surface area contributed by atoms with Crippen LogP contribution in [0, 0.1) is 0 Å². The van der Waals surface area contributed by atoms with Crippen LogP contribution in [0.3, 0.4) is 0 Å². The Balaban J connectivity index is 2.64. The van der Waals surface area contributed by atoms with Crippen molar-refractivity contribution in [3.63, 3.8) is 0 Å². The topological polar surface area (TPSA) is 74.6 Å². The van der Waals surface area contributed by atoms with Gasteiger partial charge in [-0.15, -0.1) is 11.3 Å². The van der Waals surface area contributed by atoms with E-state index in [1.165, 1.54) is 0 Å². The van der Waals surface area contributed by atoms with Crippen LogP contribution >= 0.6 is 11.3 Å². The molecule has 17 heavy (non-hydrogen) atoms. The number of thiophene rings is 1. The molecule has 1 heterocycles. The van der Waals surface area contributed by atoms with E-state index in [2.05, 4.69) is 0 Å². The second-order valence-corrected chi connectivity index (χ2v) is 4.21. The van der Waals surface area contributed by atoms with E-state index in [0.717, 1.165) is 11.3 Å². The number of hydrogen-bond acceptors (Lipinski definition) is 3. The fraction of sp³-hybridized carbons (Fsp3) is 0. The Labute approximate surface area is 101 Å². The molecular formula is C12H8O4S. The fourth-order valence-corrected chi connectivity index (χ4v) is 2.46. The summed E-state index contributed by atoms with van der Waals surface area (Å²) in [6, 6.07) is 8.87. The zero-order valence-electron chi connectivity index (χ0n) is 8.58. The number of rotatable bonds is 3. The fourth-order valence-electron chi connectivity index (χ4n) is 1.56. The van der Waals surface area contributed by atoms with Crippen molar-refractivity contribution in [2.24, 2.45) is 0 Å². The Kier molecular flexibility index (Phi) is 2.93. The van der Waals surface area contributed by atoms with Crippen molar-refractivity contribution in [2.45, 2.75) is 0 Å². The third-order valence-electron chi connectivity index (χ3n) is 2.28. The highest BCUT2D eigenvalue weighted by atomic mass is 32.1. The van der Waals surface area contributed by atoms with Gasteiger partial charge in [-0.25, -0.2) is 9.59 Å². The van der Waals surface area contributed by atoms with Crippen LogP contribution in [0.4, 0.5) is 0 Å². The molecule has 86 valence electrons. The van der Waals surface area contributed by atoms with Crippen molar-refractivity contribution >= 4 is 23.3 Å². The van der Waals surface area contributed by atoms with Crippen LogP contribution in [0.1, 0.15) is 20.0 Å². The molecule has 0 saturated carbocycles. The lowest BCUT2D eigenvalue weighted by Gasteiger charge is -2.01. The summed E-state index contributed by atoms with van der Waals surface area (Å²) in [7, 11) is 0. The van der Waals surface area contributed by atoms with Crippen molar-refractivity contribution < 1.29 is 19.8 Å². The Morgan fingerprint density at radius 2 is 1.65 bits per heavy atom. The molecule has 0 spiro atoms. The predicted molar refractivity (Wildman–Crippen MR) is 63.7 cm³/mol. The summed E-state index contributed by atoms with van der Waals surface area (Å²) in [5, 5.41) is 19.6. The summed E-state index contributed by atoms with van der Waals surface area (Å²) >= 11 is 0.927. The van der Waals surface area contributed by atoms with Crippen molar-refractivity contribution in [3.8, 4) is 11.1 Å². The third-order valence-corrected chi connectivity index (χ3v) is 3.25. The molecule has 1 aromatic carbocycles. The normalized spacial score (nSPS) is 10.1. The van der Waals surface area contributed by atoms with E-state index in [1.807, 2.05) is 6.07 Å². The zero-order valence-corrected chi connectivity index (χ0v) is 9.40. The summed E-state index contributed by atoms with van der Waals surface area (Å²) in [5.74, 6) is -2.43. The van der Waals surface area contributed by atoms with Gasteiger partial charge in [-0.05, 0) is 5.56 Å². The molecule has 0 aliphatic carbocycles. The molecule has 1 aromatic heterocycles. The molecule has 0 fully saturated rings. The lowest BCUT2D eigenvalue weighted by molar-refractivity contribution is 0.0657. The van der Waals surface area contributed by atoms with E-state index in [-0.39, 0.29) is 10.4 Å². The quantitative estimate of drug-likeness (QED) is 0.875. The van der Waals surface area contributed by atoms with Gasteiger partial charge in [0.15, 0.2) is 0 Å². The first-order valence-electron chi connectivity index (χ1n) is 4.74. The summed E-state index contributed by atoms with van der Waals surface area (Å²) in [5.41, 5.74) is 1.00. The molecule has 0 aliphatic heterocycles. The van der Waals surface area contributed by atoms with Crippen molar-refractivity contribution in [2.75, 3.05) is 0 Å². The smallest absolute Gasteiger partial charge is 0.346 e. The Morgan fingerprint density at radius 1 is 1.00 bits per heavy atom. The number of carboxylic acid groups (broad SMARTS) is 2. The maximum atomic E-state index is 11.1. The molecule has 2 aromatic rings. The highest BCUT2D eigenvalue weighted by Crippen LogP contribution is 2.31. The van der Waals surface area contributed by atoms with Crippen LogP contribution in [-0.4, -0.2) is 22.2 Å². The monoisotopic (exact) mass is 248 g/mol. The molecular weight excluding hydrogens is 240 g/mol. The average molecular weight is 248 g/mol. The van der Waals surface area contributed by atoms with E-state index in [4.69, 9.17) is 10.2 Å². The Hall–Kier alpha value is -2.14. The van der Waals surface area contributed by atoms with Gasteiger partial charge in [0.1, 0.15) is 4.88 Å². The van der Waals surface area contributed by atoms with Crippen LogP contribution in [0.25, 0.3) is 11.1 Å². The third kappa shape index (κ3) is 2.05. The number of hydrogen-bond donors (Lipinski definition) is 2. The largest absolute Gasteiger partial charge is 0.478 e. The molecule has 4 nitrogen and oxygen atoms in total. The van der Waals surface area contributed by atoms with E-state index in [1.54, 1.807) is 29.6 Å². The maximum Gasteiger partial charge on any atom is 0.346 e. The van der Waals surface area contributed by atoms with E-state index in [0.29, 0.717) is 11.1 Å². The number of benzene rings is 1. The first-order chi connectivity index (χ1) is 8.11. The van der Waals surface area contributed by atoms with Crippen LogP contribution in [0.15, 0.2) is 35.7 Å². The van der Waals surface area contributed by atoms with E-state index >= 15 is 0 Å². The molecule has 0 radical (unpaired) electrons. The van der Waals surface area contributed by atoms with Crippen LogP contribution in [0.2, 0.25) is 0 Å². The minimum Gasteiger partial charge on any atom is -0.478 e. The number of carbonyl (C=O) groups is 2. The average Bonchev–Trinajstić information content (AvgIpc) is 2.74. The minimum absolute atomic E-state index is 0.142. The van der Waals surface area contributed by atoms with Gasteiger partial charge < -0.3 is 10.2 Å². The standard InChI is InChI=1S/C12H8O4S/c13-11(14)9-8(6-17-10(9)12(15)16)7-4-2-1-3-5-7/h1-6H,(H,13,14)(H,15,16). The lowest BCUT2D eigenvalue weighted by atomic mass is 10.0. The predicted octanol–water partition coefficient (Wildman–Crippen LogP) is 2.81. The lowest BCUT2D eigenvalue weighted by Crippen LogP contribution is -2.05. The van der Waals surface area contributed by atoms with Gasteiger partial charge in [-0.3, -0.25) is 0 Å². The molecule has 5 heteroatoms. The molecule has 2 N–H and O–H groups in total. The molecule has 0 saturated heterocycles. The Morgan fingerprint density at radius 3 is 2.18 bits per heavy atom. The van der Waals surface area contributed by atoms with Gasteiger partial charge in [0.05, 0.1) is 5.56 Å². The van der Waals surface area contributed by atoms with Crippen molar-refractivity contribution in [1.82, 2.24) is 0 Å².